The Morgan fingerprint density at radius 1 is 1.17 bits per heavy atom. The smallest absolute Gasteiger partial charge is 0.124 e. The number of rotatable bonds is 7. The molecule has 1 unspecified atom stereocenters. The third-order valence-electron chi connectivity index (χ3n) is 3.46. The van der Waals surface area contributed by atoms with Crippen LogP contribution in [0.25, 0.3) is 0 Å². The number of halogens is 2. The Bertz CT molecular complexity index is 666. The van der Waals surface area contributed by atoms with E-state index in [2.05, 4.69) is 5.32 Å². The molecule has 0 saturated carbocycles. The lowest BCUT2D eigenvalue weighted by Gasteiger charge is -2.17. The maximum atomic E-state index is 13.0. The van der Waals surface area contributed by atoms with Crippen LogP contribution in [0, 0.1) is 5.82 Å². The van der Waals surface area contributed by atoms with Crippen LogP contribution in [0.15, 0.2) is 36.4 Å². The molecule has 0 saturated heterocycles. The predicted molar refractivity (Wildman–Crippen MR) is 87.6 cm³/mol. The highest BCUT2D eigenvalue weighted by Gasteiger charge is 2.14. The molecule has 0 aliphatic carbocycles. The van der Waals surface area contributed by atoms with Crippen molar-refractivity contribution < 1.29 is 19.0 Å². The van der Waals surface area contributed by atoms with E-state index in [1.165, 1.54) is 12.1 Å². The molecule has 124 valence electrons. The van der Waals surface area contributed by atoms with Crippen molar-refractivity contribution in [1.82, 2.24) is 5.32 Å². The lowest BCUT2D eigenvalue weighted by Crippen LogP contribution is -2.21. The molecule has 2 aromatic rings. The summed E-state index contributed by atoms with van der Waals surface area (Å²) in [5.74, 6) is 0.848. The summed E-state index contributed by atoms with van der Waals surface area (Å²) in [5.41, 5.74) is 1.39. The van der Waals surface area contributed by atoms with E-state index in [1.807, 2.05) is 0 Å². The Hall–Kier alpha value is -1.82. The standard InChI is InChI=1S/C17H19ClFNO3/c1-22-13-5-6-17(23-2)14(8-13)16(21)10-20-9-11-3-4-12(19)7-15(11)18/h3-8,16,20-21H,9-10H2,1-2H3. The molecule has 2 rings (SSSR count). The number of aliphatic hydroxyl groups excluding tert-OH is 1. The minimum absolute atomic E-state index is 0.289. The van der Waals surface area contributed by atoms with Crippen LogP contribution in [-0.4, -0.2) is 25.9 Å². The predicted octanol–water partition coefficient (Wildman–Crippen LogP) is 3.32. The molecule has 0 aliphatic heterocycles. The van der Waals surface area contributed by atoms with Crippen LogP contribution in [0.5, 0.6) is 11.5 Å². The first-order chi connectivity index (χ1) is 11.0. The summed E-state index contributed by atoms with van der Waals surface area (Å²) >= 11 is 5.97. The summed E-state index contributed by atoms with van der Waals surface area (Å²) in [6, 6.07) is 9.47. The molecule has 2 aromatic carbocycles. The molecule has 0 aliphatic rings. The largest absolute Gasteiger partial charge is 0.497 e. The van der Waals surface area contributed by atoms with Crippen molar-refractivity contribution in [2.45, 2.75) is 12.6 Å². The Balaban J connectivity index is 2.00. The Labute approximate surface area is 139 Å². The SMILES string of the molecule is COc1ccc(OC)c(C(O)CNCc2ccc(F)cc2Cl)c1. The van der Waals surface area contributed by atoms with Crippen LogP contribution >= 0.6 is 11.6 Å². The van der Waals surface area contributed by atoms with Crippen LogP contribution in [0.1, 0.15) is 17.2 Å². The molecule has 23 heavy (non-hydrogen) atoms. The van der Waals surface area contributed by atoms with E-state index in [-0.39, 0.29) is 12.4 Å². The minimum atomic E-state index is -0.778. The van der Waals surface area contributed by atoms with Gasteiger partial charge in [-0.3, -0.25) is 0 Å². The first kappa shape index (κ1) is 17.5. The highest BCUT2D eigenvalue weighted by Crippen LogP contribution is 2.29. The number of hydrogen-bond donors (Lipinski definition) is 2. The van der Waals surface area contributed by atoms with Crippen LogP contribution in [-0.2, 0) is 6.54 Å². The van der Waals surface area contributed by atoms with Gasteiger partial charge in [-0.1, -0.05) is 17.7 Å². The fourth-order valence-electron chi connectivity index (χ4n) is 2.22. The van der Waals surface area contributed by atoms with E-state index in [0.717, 1.165) is 5.56 Å². The maximum Gasteiger partial charge on any atom is 0.124 e. The van der Waals surface area contributed by atoms with Crippen molar-refractivity contribution >= 4 is 11.6 Å². The highest BCUT2D eigenvalue weighted by molar-refractivity contribution is 6.31. The van der Waals surface area contributed by atoms with Gasteiger partial charge in [0.1, 0.15) is 17.3 Å². The van der Waals surface area contributed by atoms with Gasteiger partial charge in [0.2, 0.25) is 0 Å². The topological polar surface area (TPSA) is 50.7 Å². The van der Waals surface area contributed by atoms with Crippen LogP contribution < -0.4 is 14.8 Å². The summed E-state index contributed by atoms with van der Waals surface area (Å²) in [6.45, 7) is 0.708. The van der Waals surface area contributed by atoms with Crippen LogP contribution in [0.4, 0.5) is 4.39 Å². The molecule has 0 amide bonds. The van der Waals surface area contributed by atoms with E-state index >= 15 is 0 Å². The first-order valence-electron chi connectivity index (χ1n) is 7.09. The van der Waals surface area contributed by atoms with E-state index in [1.54, 1.807) is 38.5 Å². The maximum absolute atomic E-state index is 13.0. The Morgan fingerprint density at radius 3 is 2.61 bits per heavy atom. The van der Waals surface area contributed by atoms with Crippen molar-refractivity contribution in [2.24, 2.45) is 0 Å². The molecule has 2 N–H and O–H groups in total. The molecule has 0 radical (unpaired) electrons. The second-order valence-corrected chi connectivity index (χ2v) is 5.40. The molecule has 0 heterocycles. The van der Waals surface area contributed by atoms with Crippen LogP contribution in [0.2, 0.25) is 5.02 Å². The number of methoxy groups -OCH3 is 2. The summed E-state index contributed by atoms with van der Waals surface area (Å²) in [7, 11) is 3.11. The summed E-state index contributed by atoms with van der Waals surface area (Å²) in [5, 5.41) is 13.8. The van der Waals surface area contributed by atoms with Gasteiger partial charge in [0.15, 0.2) is 0 Å². The van der Waals surface area contributed by atoms with Gasteiger partial charge < -0.3 is 19.9 Å². The number of hydrogen-bond acceptors (Lipinski definition) is 4. The second-order valence-electron chi connectivity index (χ2n) is 4.99. The summed E-state index contributed by atoms with van der Waals surface area (Å²) in [6.07, 6.45) is -0.778. The fourth-order valence-corrected chi connectivity index (χ4v) is 2.45. The zero-order chi connectivity index (χ0) is 16.8. The second kappa shape index (κ2) is 8.15. The number of ether oxygens (including phenoxy) is 2. The lowest BCUT2D eigenvalue weighted by atomic mass is 10.1. The average Bonchev–Trinajstić information content (AvgIpc) is 2.56. The van der Waals surface area contributed by atoms with Gasteiger partial charge in [0.05, 0.1) is 20.3 Å². The van der Waals surface area contributed by atoms with Gasteiger partial charge in [-0.25, -0.2) is 4.39 Å². The van der Waals surface area contributed by atoms with Crippen molar-refractivity contribution in [2.75, 3.05) is 20.8 Å². The first-order valence-corrected chi connectivity index (χ1v) is 7.47. The zero-order valence-electron chi connectivity index (χ0n) is 13.0. The molecular weight excluding hydrogens is 321 g/mol. The molecule has 4 nitrogen and oxygen atoms in total. The fraction of sp³-hybridized carbons (Fsp3) is 0.294. The van der Waals surface area contributed by atoms with Crippen molar-refractivity contribution in [1.29, 1.82) is 0 Å². The molecule has 6 heteroatoms. The third kappa shape index (κ3) is 4.58. The van der Waals surface area contributed by atoms with E-state index in [0.29, 0.717) is 28.6 Å². The minimum Gasteiger partial charge on any atom is -0.497 e. The van der Waals surface area contributed by atoms with Crippen LogP contribution in [0.3, 0.4) is 0 Å². The molecule has 1 atom stereocenters. The number of benzene rings is 2. The molecular formula is C17H19ClFNO3. The van der Waals surface area contributed by atoms with Gasteiger partial charge >= 0.3 is 0 Å². The molecule has 0 bridgehead atoms. The molecule has 0 spiro atoms. The Morgan fingerprint density at radius 2 is 1.96 bits per heavy atom. The third-order valence-corrected chi connectivity index (χ3v) is 3.82. The molecule has 0 aromatic heterocycles. The number of aliphatic hydroxyl groups is 1. The molecule has 0 fully saturated rings. The summed E-state index contributed by atoms with van der Waals surface area (Å²) < 4.78 is 23.4. The lowest BCUT2D eigenvalue weighted by molar-refractivity contribution is 0.169. The van der Waals surface area contributed by atoms with Gasteiger partial charge in [0, 0.05) is 23.7 Å². The highest BCUT2D eigenvalue weighted by atomic mass is 35.5. The van der Waals surface area contributed by atoms with Crippen molar-refractivity contribution in [3.63, 3.8) is 0 Å². The monoisotopic (exact) mass is 339 g/mol. The van der Waals surface area contributed by atoms with Crippen molar-refractivity contribution in [3.05, 3.63) is 58.4 Å². The van der Waals surface area contributed by atoms with E-state index < -0.39 is 6.10 Å². The normalized spacial score (nSPS) is 12.0. The quantitative estimate of drug-likeness (QED) is 0.812. The van der Waals surface area contributed by atoms with Gasteiger partial charge in [-0.2, -0.15) is 0 Å². The summed E-state index contributed by atoms with van der Waals surface area (Å²) in [4.78, 5) is 0. The van der Waals surface area contributed by atoms with Gasteiger partial charge in [0.25, 0.3) is 0 Å². The van der Waals surface area contributed by atoms with E-state index in [9.17, 15) is 9.50 Å². The average molecular weight is 340 g/mol. The van der Waals surface area contributed by atoms with E-state index in [4.69, 9.17) is 21.1 Å². The number of nitrogens with one attached hydrogen (secondary N) is 1. The van der Waals surface area contributed by atoms with Crippen molar-refractivity contribution in [3.8, 4) is 11.5 Å². The zero-order valence-corrected chi connectivity index (χ0v) is 13.7. The Kier molecular flexibility index (Phi) is 6.21. The van der Waals surface area contributed by atoms with Gasteiger partial charge in [-0.05, 0) is 35.9 Å². The van der Waals surface area contributed by atoms with Gasteiger partial charge in [-0.15, -0.1) is 0 Å².